The quantitative estimate of drug-likeness (QED) is 0.760. The summed E-state index contributed by atoms with van der Waals surface area (Å²) in [6.45, 7) is 9.26. The van der Waals surface area contributed by atoms with Gasteiger partial charge in [0.1, 0.15) is 0 Å². The molecule has 0 radical (unpaired) electrons. The molecule has 1 aliphatic heterocycles. The van der Waals surface area contributed by atoms with Gasteiger partial charge in [0.2, 0.25) is 0 Å². The molecule has 15 heavy (non-hydrogen) atoms. The van der Waals surface area contributed by atoms with Crippen LogP contribution in [0.5, 0.6) is 0 Å². The summed E-state index contributed by atoms with van der Waals surface area (Å²) in [5.41, 5.74) is -0.0411. The van der Waals surface area contributed by atoms with Gasteiger partial charge in [-0.15, -0.1) is 0 Å². The minimum Gasteiger partial charge on any atom is -0.379 e. The molecule has 1 saturated heterocycles. The van der Waals surface area contributed by atoms with E-state index in [2.05, 4.69) is 26.1 Å². The van der Waals surface area contributed by atoms with Crippen molar-refractivity contribution in [3.05, 3.63) is 0 Å². The van der Waals surface area contributed by atoms with Gasteiger partial charge in [0, 0.05) is 13.7 Å². The summed E-state index contributed by atoms with van der Waals surface area (Å²) < 4.78 is 11.3. The van der Waals surface area contributed by atoms with Crippen LogP contribution >= 0.6 is 0 Å². The Bertz CT molecular complexity index is 186. The SMILES string of the molecule is COC(C)(C)CCOC1(C)CCCNC1. The summed E-state index contributed by atoms with van der Waals surface area (Å²) in [6.07, 6.45) is 3.32. The smallest absolute Gasteiger partial charge is 0.0778 e. The maximum absolute atomic E-state index is 5.97. The average Bonchev–Trinajstić information content (AvgIpc) is 2.18. The van der Waals surface area contributed by atoms with Crippen LogP contribution < -0.4 is 5.32 Å². The van der Waals surface area contributed by atoms with Gasteiger partial charge >= 0.3 is 0 Å². The lowest BCUT2D eigenvalue weighted by molar-refractivity contribution is -0.0750. The Morgan fingerprint density at radius 1 is 1.40 bits per heavy atom. The first-order valence-corrected chi connectivity index (χ1v) is 5.87. The summed E-state index contributed by atoms with van der Waals surface area (Å²) in [5.74, 6) is 0. The molecule has 1 fully saturated rings. The second-order valence-corrected chi connectivity index (χ2v) is 5.29. The fourth-order valence-corrected chi connectivity index (χ4v) is 1.80. The van der Waals surface area contributed by atoms with Crippen LogP contribution in [0.15, 0.2) is 0 Å². The van der Waals surface area contributed by atoms with E-state index in [0.717, 1.165) is 32.5 Å². The lowest BCUT2D eigenvalue weighted by atomic mass is 9.96. The molecule has 0 saturated carbocycles. The molecule has 1 rings (SSSR count). The Morgan fingerprint density at radius 2 is 2.13 bits per heavy atom. The molecule has 0 aliphatic carbocycles. The number of rotatable bonds is 5. The van der Waals surface area contributed by atoms with E-state index >= 15 is 0 Å². The summed E-state index contributed by atoms with van der Waals surface area (Å²) in [5, 5.41) is 3.38. The maximum Gasteiger partial charge on any atom is 0.0778 e. The van der Waals surface area contributed by atoms with Crippen LogP contribution in [0.25, 0.3) is 0 Å². The lowest BCUT2D eigenvalue weighted by Crippen LogP contribution is -2.46. The second-order valence-electron chi connectivity index (χ2n) is 5.29. The van der Waals surface area contributed by atoms with E-state index in [1.54, 1.807) is 7.11 Å². The number of methoxy groups -OCH3 is 1. The van der Waals surface area contributed by atoms with Gasteiger partial charge in [-0.25, -0.2) is 0 Å². The predicted octanol–water partition coefficient (Wildman–Crippen LogP) is 1.96. The van der Waals surface area contributed by atoms with Crippen LogP contribution in [0.1, 0.15) is 40.0 Å². The third kappa shape index (κ3) is 4.49. The first-order valence-electron chi connectivity index (χ1n) is 5.87. The molecule has 3 nitrogen and oxygen atoms in total. The highest BCUT2D eigenvalue weighted by molar-refractivity contribution is 4.83. The average molecular weight is 215 g/mol. The summed E-state index contributed by atoms with van der Waals surface area (Å²) in [7, 11) is 1.75. The zero-order chi connectivity index (χ0) is 11.4. The molecular formula is C12H25NO2. The highest BCUT2D eigenvalue weighted by Crippen LogP contribution is 2.22. The minimum atomic E-state index is -0.0710. The Hall–Kier alpha value is -0.120. The topological polar surface area (TPSA) is 30.5 Å². The van der Waals surface area contributed by atoms with Crippen molar-refractivity contribution in [3.8, 4) is 0 Å². The van der Waals surface area contributed by atoms with E-state index in [1.165, 1.54) is 6.42 Å². The monoisotopic (exact) mass is 215 g/mol. The number of nitrogens with one attached hydrogen (secondary N) is 1. The fraction of sp³-hybridized carbons (Fsp3) is 1.00. The van der Waals surface area contributed by atoms with Gasteiger partial charge in [-0.1, -0.05) is 0 Å². The number of ether oxygens (including phenoxy) is 2. The molecule has 0 aromatic carbocycles. The van der Waals surface area contributed by atoms with Crippen LogP contribution in [0.2, 0.25) is 0 Å². The molecular weight excluding hydrogens is 190 g/mol. The molecule has 0 aromatic heterocycles. The number of hydrogen-bond donors (Lipinski definition) is 1. The molecule has 0 spiro atoms. The van der Waals surface area contributed by atoms with Crippen molar-refractivity contribution in [1.29, 1.82) is 0 Å². The van der Waals surface area contributed by atoms with Gasteiger partial charge in [-0.05, 0) is 46.6 Å². The number of hydrogen-bond acceptors (Lipinski definition) is 3. The highest BCUT2D eigenvalue weighted by atomic mass is 16.5. The molecule has 0 amide bonds. The third-order valence-corrected chi connectivity index (χ3v) is 3.27. The first-order chi connectivity index (χ1) is 6.97. The molecule has 1 atom stereocenters. The van der Waals surface area contributed by atoms with E-state index in [-0.39, 0.29) is 11.2 Å². The third-order valence-electron chi connectivity index (χ3n) is 3.27. The van der Waals surface area contributed by atoms with Crippen molar-refractivity contribution in [2.45, 2.75) is 51.2 Å². The summed E-state index contributed by atoms with van der Waals surface area (Å²) in [4.78, 5) is 0. The standard InChI is InChI=1S/C12H25NO2/c1-11(2,14-4)7-9-15-12(3)6-5-8-13-10-12/h13H,5-10H2,1-4H3. The molecule has 0 bridgehead atoms. The minimum absolute atomic E-state index is 0.0298. The van der Waals surface area contributed by atoms with Crippen molar-refractivity contribution < 1.29 is 9.47 Å². The molecule has 1 unspecified atom stereocenters. The van der Waals surface area contributed by atoms with Gasteiger partial charge in [-0.3, -0.25) is 0 Å². The fourth-order valence-electron chi connectivity index (χ4n) is 1.80. The van der Waals surface area contributed by atoms with Crippen molar-refractivity contribution >= 4 is 0 Å². The molecule has 3 heteroatoms. The van der Waals surface area contributed by atoms with Gasteiger partial charge < -0.3 is 14.8 Å². The molecule has 1 N–H and O–H groups in total. The Morgan fingerprint density at radius 3 is 2.67 bits per heavy atom. The van der Waals surface area contributed by atoms with E-state index in [9.17, 15) is 0 Å². The van der Waals surface area contributed by atoms with Crippen LogP contribution in [-0.4, -0.2) is 38.0 Å². The summed E-state index contributed by atoms with van der Waals surface area (Å²) >= 11 is 0. The molecule has 90 valence electrons. The Kier molecular flexibility index (Phi) is 4.56. The Labute approximate surface area is 93.5 Å². The Balaban J connectivity index is 2.24. The normalized spacial score (nSPS) is 28.0. The molecule has 0 aromatic rings. The van der Waals surface area contributed by atoms with Crippen LogP contribution in [0.4, 0.5) is 0 Å². The zero-order valence-electron chi connectivity index (χ0n) is 10.6. The van der Waals surface area contributed by atoms with E-state index in [4.69, 9.17) is 9.47 Å². The van der Waals surface area contributed by atoms with Crippen molar-refractivity contribution in [2.24, 2.45) is 0 Å². The highest BCUT2D eigenvalue weighted by Gasteiger charge is 2.28. The molecule has 1 aliphatic rings. The van der Waals surface area contributed by atoms with Gasteiger partial charge in [0.05, 0.1) is 17.8 Å². The second kappa shape index (κ2) is 5.28. The van der Waals surface area contributed by atoms with E-state index in [0.29, 0.717) is 0 Å². The van der Waals surface area contributed by atoms with Gasteiger partial charge in [-0.2, -0.15) is 0 Å². The summed E-state index contributed by atoms with van der Waals surface area (Å²) in [6, 6.07) is 0. The number of piperidine rings is 1. The van der Waals surface area contributed by atoms with Crippen molar-refractivity contribution in [2.75, 3.05) is 26.8 Å². The van der Waals surface area contributed by atoms with Gasteiger partial charge in [0.25, 0.3) is 0 Å². The largest absolute Gasteiger partial charge is 0.379 e. The maximum atomic E-state index is 5.97. The van der Waals surface area contributed by atoms with Crippen molar-refractivity contribution in [3.63, 3.8) is 0 Å². The van der Waals surface area contributed by atoms with E-state index in [1.807, 2.05) is 0 Å². The lowest BCUT2D eigenvalue weighted by Gasteiger charge is -2.35. The predicted molar refractivity (Wildman–Crippen MR) is 62.2 cm³/mol. The van der Waals surface area contributed by atoms with Crippen LogP contribution in [0.3, 0.4) is 0 Å². The molecule has 1 heterocycles. The van der Waals surface area contributed by atoms with Gasteiger partial charge in [0.15, 0.2) is 0 Å². The van der Waals surface area contributed by atoms with E-state index < -0.39 is 0 Å². The van der Waals surface area contributed by atoms with Crippen molar-refractivity contribution in [1.82, 2.24) is 5.32 Å². The zero-order valence-corrected chi connectivity index (χ0v) is 10.6. The van der Waals surface area contributed by atoms with Crippen LogP contribution in [-0.2, 0) is 9.47 Å². The first kappa shape index (κ1) is 12.9. The van der Waals surface area contributed by atoms with Crippen LogP contribution in [0, 0.1) is 0 Å².